The third kappa shape index (κ3) is 2.59. The third-order valence-corrected chi connectivity index (χ3v) is 6.66. The van der Waals surface area contributed by atoms with Crippen molar-refractivity contribution in [3.8, 4) is 0 Å². The highest BCUT2D eigenvalue weighted by Gasteiger charge is 2.32. The molecule has 3 heteroatoms. The zero-order chi connectivity index (χ0) is 20.1. The summed E-state index contributed by atoms with van der Waals surface area (Å²) in [5, 5.41) is 7.75. The van der Waals surface area contributed by atoms with Gasteiger partial charge in [-0.15, -0.1) is 0 Å². The van der Waals surface area contributed by atoms with Gasteiger partial charge in [0.15, 0.2) is 0 Å². The van der Waals surface area contributed by atoms with Gasteiger partial charge in [-0.1, -0.05) is 78.9 Å². The van der Waals surface area contributed by atoms with E-state index in [1.807, 2.05) is 0 Å². The minimum Gasteiger partial charge on any atom is -0.325 e. The zero-order valence-corrected chi connectivity index (χ0v) is 16.6. The summed E-state index contributed by atoms with van der Waals surface area (Å²) in [6, 6.07) is 24.2. The van der Waals surface area contributed by atoms with Crippen molar-refractivity contribution < 1.29 is 4.79 Å². The Morgan fingerprint density at radius 1 is 0.833 bits per heavy atom. The van der Waals surface area contributed by atoms with Crippen molar-refractivity contribution in [1.29, 1.82) is 0 Å². The van der Waals surface area contributed by atoms with E-state index in [0.29, 0.717) is 0 Å². The van der Waals surface area contributed by atoms with Crippen molar-refractivity contribution in [2.75, 3.05) is 6.54 Å². The van der Waals surface area contributed by atoms with Gasteiger partial charge in [0.05, 0.1) is 0 Å². The Hall–Kier alpha value is -3.43. The van der Waals surface area contributed by atoms with E-state index < -0.39 is 0 Å². The highest BCUT2D eigenvalue weighted by atomic mass is 16.1. The number of carbonyl (C=O) groups excluding carboxylic acids is 1. The van der Waals surface area contributed by atoms with Gasteiger partial charge in [0, 0.05) is 24.1 Å². The van der Waals surface area contributed by atoms with Gasteiger partial charge in [-0.2, -0.15) is 0 Å². The van der Waals surface area contributed by atoms with Gasteiger partial charge in [-0.05, 0) is 49.9 Å². The Kier molecular flexibility index (Phi) is 3.96. The summed E-state index contributed by atoms with van der Waals surface area (Å²) in [5.41, 5.74) is 10.3. The normalized spacial score (nSPS) is 20.7. The van der Waals surface area contributed by atoms with E-state index in [4.69, 9.17) is 0 Å². The number of rotatable bonds is 3. The van der Waals surface area contributed by atoms with E-state index in [1.54, 1.807) is 0 Å². The molecule has 1 saturated heterocycles. The standard InChI is InChI=1S/C27H22N2O/c30-16-20-9-8-19(27-26(20)15-28-29-27)14-18-5-3-7-23-22(18)12-13-24-21-6-2-1-4-17(21)10-11-25(23)24/h1-13,16,20,26,28-29H,14-15H2. The van der Waals surface area contributed by atoms with Crippen molar-refractivity contribution in [3.05, 3.63) is 95.7 Å². The summed E-state index contributed by atoms with van der Waals surface area (Å²) in [5.74, 6) is 0.167. The molecule has 6 rings (SSSR count). The Bertz CT molecular complexity index is 1380. The van der Waals surface area contributed by atoms with E-state index in [0.717, 1.165) is 19.3 Å². The molecule has 3 nitrogen and oxygen atoms in total. The summed E-state index contributed by atoms with van der Waals surface area (Å²) >= 11 is 0. The smallest absolute Gasteiger partial charge is 0.127 e. The van der Waals surface area contributed by atoms with Crippen LogP contribution in [-0.4, -0.2) is 12.8 Å². The summed E-state index contributed by atoms with van der Waals surface area (Å²) in [7, 11) is 0. The van der Waals surface area contributed by atoms with Crippen LogP contribution in [0.2, 0.25) is 0 Å². The summed E-state index contributed by atoms with van der Waals surface area (Å²) in [6.45, 7) is 0.791. The molecule has 0 spiro atoms. The number of aldehydes is 1. The molecule has 30 heavy (non-hydrogen) atoms. The van der Waals surface area contributed by atoms with Crippen LogP contribution in [0.1, 0.15) is 5.56 Å². The SMILES string of the molecule is O=CC1C=CC(Cc2cccc3c2ccc2c4ccccc4ccc32)=C2NNCC21. The first kappa shape index (κ1) is 17.4. The second kappa shape index (κ2) is 6.82. The van der Waals surface area contributed by atoms with Crippen molar-refractivity contribution in [2.45, 2.75) is 6.42 Å². The van der Waals surface area contributed by atoms with Gasteiger partial charge in [0.2, 0.25) is 0 Å². The topological polar surface area (TPSA) is 41.1 Å². The van der Waals surface area contributed by atoms with E-state index in [9.17, 15) is 4.79 Å². The highest BCUT2D eigenvalue weighted by Crippen LogP contribution is 2.35. The summed E-state index contributed by atoms with van der Waals surface area (Å²) in [6.07, 6.45) is 6.08. The van der Waals surface area contributed by atoms with E-state index in [1.165, 1.54) is 49.2 Å². The largest absolute Gasteiger partial charge is 0.325 e. The minimum absolute atomic E-state index is 0.0454. The van der Waals surface area contributed by atoms with Crippen LogP contribution in [0.3, 0.4) is 0 Å². The molecule has 2 N–H and O–H groups in total. The number of hydrazine groups is 1. The molecule has 0 amide bonds. The maximum absolute atomic E-state index is 11.4. The van der Waals surface area contributed by atoms with Crippen molar-refractivity contribution in [2.24, 2.45) is 11.8 Å². The van der Waals surface area contributed by atoms with Crippen LogP contribution in [0.5, 0.6) is 0 Å². The predicted molar refractivity (Wildman–Crippen MR) is 123 cm³/mol. The number of nitrogens with one attached hydrogen (secondary N) is 2. The Morgan fingerprint density at radius 2 is 1.60 bits per heavy atom. The molecule has 0 bridgehead atoms. The lowest BCUT2D eigenvalue weighted by Gasteiger charge is -2.22. The van der Waals surface area contributed by atoms with E-state index >= 15 is 0 Å². The highest BCUT2D eigenvalue weighted by molar-refractivity contribution is 6.17. The molecular formula is C27H22N2O. The number of hydrogen-bond donors (Lipinski definition) is 2. The Balaban J connectivity index is 1.50. The molecular weight excluding hydrogens is 368 g/mol. The lowest BCUT2D eigenvalue weighted by molar-refractivity contribution is -0.110. The molecule has 1 aliphatic heterocycles. The van der Waals surface area contributed by atoms with Crippen LogP contribution in [0.25, 0.3) is 32.3 Å². The number of carbonyl (C=O) groups is 1. The van der Waals surface area contributed by atoms with Gasteiger partial charge in [-0.3, -0.25) is 0 Å². The summed E-state index contributed by atoms with van der Waals surface area (Å²) < 4.78 is 0. The van der Waals surface area contributed by atoms with Crippen molar-refractivity contribution in [3.63, 3.8) is 0 Å². The van der Waals surface area contributed by atoms with Gasteiger partial charge in [0.25, 0.3) is 0 Å². The molecule has 2 atom stereocenters. The molecule has 1 heterocycles. The molecule has 0 aromatic heterocycles. The first-order valence-corrected chi connectivity index (χ1v) is 10.5. The second-order valence-electron chi connectivity index (χ2n) is 8.26. The average molecular weight is 390 g/mol. The van der Waals surface area contributed by atoms with Crippen LogP contribution >= 0.6 is 0 Å². The van der Waals surface area contributed by atoms with Crippen molar-refractivity contribution in [1.82, 2.24) is 10.9 Å². The fraction of sp³-hybridized carbons (Fsp3) is 0.148. The lowest BCUT2D eigenvalue weighted by Crippen LogP contribution is -2.23. The third-order valence-electron chi connectivity index (χ3n) is 6.66. The summed E-state index contributed by atoms with van der Waals surface area (Å²) in [4.78, 5) is 11.4. The Morgan fingerprint density at radius 3 is 2.53 bits per heavy atom. The fourth-order valence-corrected chi connectivity index (χ4v) is 5.12. The van der Waals surface area contributed by atoms with Gasteiger partial charge in [-0.25, -0.2) is 5.43 Å². The van der Waals surface area contributed by atoms with Crippen molar-refractivity contribution >= 4 is 38.6 Å². The molecule has 146 valence electrons. The van der Waals surface area contributed by atoms with Gasteiger partial charge in [0.1, 0.15) is 6.29 Å². The molecule has 2 aliphatic rings. The van der Waals surface area contributed by atoms with E-state index in [-0.39, 0.29) is 11.8 Å². The van der Waals surface area contributed by atoms with Crippen LogP contribution in [0.15, 0.2) is 90.2 Å². The molecule has 2 unspecified atom stereocenters. The molecule has 1 fully saturated rings. The Labute approximate surface area is 175 Å². The second-order valence-corrected chi connectivity index (χ2v) is 8.26. The van der Waals surface area contributed by atoms with E-state index in [2.05, 4.69) is 89.7 Å². The van der Waals surface area contributed by atoms with Crippen LogP contribution in [0.4, 0.5) is 0 Å². The molecule has 4 aromatic carbocycles. The maximum Gasteiger partial charge on any atom is 0.127 e. The van der Waals surface area contributed by atoms with Crippen LogP contribution in [-0.2, 0) is 11.2 Å². The molecule has 1 aliphatic carbocycles. The van der Waals surface area contributed by atoms with Crippen LogP contribution < -0.4 is 10.9 Å². The number of hydrogen-bond acceptors (Lipinski definition) is 3. The predicted octanol–water partition coefficient (Wildman–Crippen LogP) is 5.05. The molecule has 0 radical (unpaired) electrons. The first-order valence-electron chi connectivity index (χ1n) is 10.5. The average Bonchev–Trinajstić information content (AvgIpc) is 3.29. The van der Waals surface area contributed by atoms with Gasteiger partial charge >= 0.3 is 0 Å². The quantitative estimate of drug-likeness (QED) is 0.380. The molecule has 4 aromatic rings. The number of benzene rings is 4. The monoisotopic (exact) mass is 390 g/mol. The minimum atomic E-state index is -0.0454. The molecule has 0 saturated carbocycles. The zero-order valence-electron chi connectivity index (χ0n) is 16.6. The number of fused-ring (bicyclic) bond motifs is 6. The lowest BCUT2D eigenvalue weighted by atomic mass is 9.82. The van der Waals surface area contributed by atoms with Crippen LogP contribution in [0, 0.1) is 11.8 Å². The fourth-order valence-electron chi connectivity index (χ4n) is 5.12. The first-order chi connectivity index (χ1) is 14.8. The maximum atomic E-state index is 11.4. The number of allylic oxidation sites excluding steroid dienone is 3. The van der Waals surface area contributed by atoms with Gasteiger partial charge < -0.3 is 10.2 Å².